The quantitative estimate of drug-likeness (QED) is 0.139. The molecule has 0 unspecified atom stereocenters. The maximum Gasteiger partial charge on any atom is 0.0714 e. The predicted molar refractivity (Wildman–Crippen MR) is 304 cm³/mol. The zero-order valence-electron chi connectivity index (χ0n) is 40.2. The molecule has 1 nitrogen and oxygen atoms in total. The summed E-state index contributed by atoms with van der Waals surface area (Å²) in [6, 6.07) is 111. The molecule has 0 amide bonds. The number of fused-ring (bicyclic) bond motifs is 7. The average molecular weight is 928 g/mol. The van der Waals surface area contributed by atoms with Crippen molar-refractivity contribution in [1.82, 2.24) is 0 Å². The van der Waals surface area contributed by atoms with Crippen LogP contribution in [0.25, 0.3) is 55.3 Å². The second kappa shape index (κ2) is 17.2. The van der Waals surface area contributed by atoms with Crippen LogP contribution in [0.5, 0.6) is 0 Å². The normalized spacial score (nSPS) is 13.4. The van der Waals surface area contributed by atoms with Crippen molar-refractivity contribution in [1.29, 1.82) is 0 Å². The maximum absolute atomic E-state index is 2.58. The van der Waals surface area contributed by atoms with Crippen molar-refractivity contribution in [2.45, 2.75) is 10.8 Å². The fraction of sp³-hybridized carbons (Fsp3) is 0.0278. The van der Waals surface area contributed by atoms with Crippen molar-refractivity contribution in [3.8, 4) is 44.5 Å². The second-order valence-electron chi connectivity index (χ2n) is 19.5. The van der Waals surface area contributed by atoms with Gasteiger partial charge in [0.15, 0.2) is 0 Å². The average Bonchev–Trinajstić information content (AvgIpc) is 3.95. The van der Waals surface area contributed by atoms with Gasteiger partial charge in [0.1, 0.15) is 0 Å². The lowest BCUT2D eigenvalue weighted by molar-refractivity contribution is 0.742. The van der Waals surface area contributed by atoms with E-state index >= 15 is 0 Å². The molecule has 0 aliphatic heterocycles. The summed E-state index contributed by atoms with van der Waals surface area (Å²) in [5.41, 5.74) is 22.0. The van der Waals surface area contributed by atoms with Crippen LogP contribution in [0.2, 0.25) is 0 Å². The van der Waals surface area contributed by atoms with E-state index in [0.717, 1.165) is 17.1 Å². The van der Waals surface area contributed by atoms with Crippen LogP contribution in [0.15, 0.2) is 297 Å². The van der Waals surface area contributed by atoms with E-state index in [4.69, 9.17) is 0 Å². The first-order valence-corrected chi connectivity index (χ1v) is 25.4. The number of nitrogens with zero attached hydrogens (tertiary/aromatic N) is 1. The van der Waals surface area contributed by atoms with Gasteiger partial charge >= 0.3 is 0 Å². The van der Waals surface area contributed by atoms with Gasteiger partial charge in [-0.1, -0.05) is 261 Å². The van der Waals surface area contributed by atoms with Crippen molar-refractivity contribution in [2.75, 3.05) is 4.90 Å². The van der Waals surface area contributed by atoms with Crippen LogP contribution in [0, 0.1) is 0 Å². The number of rotatable bonds is 9. The topological polar surface area (TPSA) is 3.24 Å². The molecule has 2 aliphatic rings. The van der Waals surface area contributed by atoms with E-state index in [1.807, 2.05) is 0 Å². The molecule has 0 N–H and O–H groups in total. The van der Waals surface area contributed by atoms with Crippen molar-refractivity contribution < 1.29 is 0 Å². The molecular weight excluding hydrogens is 879 g/mol. The molecule has 0 radical (unpaired) electrons. The van der Waals surface area contributed by atoms with E-state index in [9.17, 15) is 0 Å². The standard InChI is InChI=1S/C72H49N/c1-5-20-50(21-6-1)51-36-41-58(42-37-51)73(59-43-38-53(39-44-59)62-33-19-23-52-22-13-14-30-61(52)62)60-45-47-66-65-46-40-57(48-69(65)71(70(66)49-60,54-24-7-2-8-25-54)55-26-9-3-10-27-55)72(56-28-11-4-12-29-56)67-34-17-15-31-63(67)64-32-16-18-35-68(64)72/h1-49H. The molecule has 14 rings (SSSR count). The number of benzene rings is 12. The summed E-state index contributed by atoms with van der Waals surface area (Å²) in [7, 11) is 0. The van der Waals surface area contributed by atoms with E-state index in [1.165, 1.54) is 99.8 Å². The van der Waals surface area contributed by atoms with Gasteiger partial charge in [-0.2, -0.15) is 0 Å². The molecule has 0 saturated heterocycles. The Bertz CT molecular complexity index is 3900. The van der Waals surface area contributed by atoms with Crippen LogP contribution in [0.1, 0.15) is 44.5 Å². The minimum Gasteiger partial charge on any atom is -0.310 e. The first kappa shape index (κ1) is 42.6. The molecule has 342 valence electrons. The lowest BCUT2D eigenvalue weighted by atomic mass is 9.64. The van der Waals surface area contributed by atoms with Gasteiger partial charge in [-0.3, -0.25) is 0 Å². The highest BCUT2D eigenvalue weighted by molar-refractivity contribution is 5.97. The molecule has 0 fully saturated rings. The summed E-state index contributed by atoms with van der Waals surface area (Å²) in [4.78, 5) is 2.44. The van der Waals surface area contributed by atoms with E-state index in [1.54, 1.807) is 0 Å². The molecule has 0 spiro atoms. The van der Waals surface area contributed by atoms with Gasteiger partial charge in [-0.25, -0.2) is 0 Å². The molecule has 0 heterocycles. The van der Waals surface area contributed by atoms with Crippen LogP contribution in [0.3, 0.4) is 0 Å². The Morgan fingerprint density at radius 2 is 0.616 bits per heavy atom. The van der Waals surface area contributed by atoms with Gasteiger partial charge in [-0.05, 0) is 136 Å². The molecule has 12 aromatic carbocycles. The molecular formula is C72H49N. The summed E-state index contributed by atoms with van der Waals surface area (Å²) in [6.45, 7) is 0. The van der Waals surface area contributed by atoms with Crippen molar-refractivity contribution in [3.05, 3.63) is 342 Å². The zero-order chi connectivity index (χ0) is 48.3. The highest BCUT2D eigenvalue weighted by atomic mass is 15.1. The summed E-state index contributed by atoms with van der Waals surface area (Å²) in [5, 5.41) is 2.49. The largest absolute Gasteiger partial charge is 0.310 e. The Balaban J connectivity index is 1.00. The van der Waals surface area contributed by atoms with Gasteiger partial charge in [-0.15, -0.1) is 0 Å². The molecule has 0 atom stereocenters. The molecule has 0 bridgehead atoms. The molecule has 12 aromatic rings. The van der Waals surface area contributed by atoms with E-state index in [-0.39, 0.29) is 0 Å². The molecule has 1 heteroatoms. The van der Waals surface area contributed by atoms with Crippen LogP contribution < -0.4 is 4.90 Å². The first-order chi connectivity index (χ1) is 36.2. The van der Waals surface area contributed by atoms with Crippen molar-refractivity contribution in [2.24, 2.45) is 0 Å². The van der Waals surface area contributed by atoms with Crippen molar-refractivity contribution >= 4 is 27.8 Å². The number of hydrogen-bond acceptors (Lipinski definition) is 1. The third kappa shape index (κ3) is 6.56. The number of hydrogen-bond donors (Lipinski definition) is 0. The molecule has 73 heavy (non-hydrogen) atoms. The fourth-order valence-corrected chi connectivity index (χ4v) is 12.7. The van der Waals surface area contributed by atoms with E-state index in [2.05, 4.69) is 302 Å². The summed E-state index contributed by atoms with van der Waals surface area (Å²) >= 11 is 0. The maximum atomic E-state index is 2.58. The Labute approximate surface area is 427 Å². The summed E-state index contributed by atoms with van der Waals surface area (Å²) in [5.74, 6) is 0. The Morgan fingerprint density at radius 3 is 1.21 bits per heavy atom. The van der Waals surface area contributed by atoms with Gasteiger partial charge in [0.05, 0.1) is 10.8 Å². The van der Waals surface area contributed by atoms with Gasteiger partial charge in [0.25, 0.3) is 0 Å². The van der Waals surface area contributed by atoms with Crippen LogP contribution in [-0.4, -0.2) is 0 Å². The molecule has 2 aliphatic carbocycles. The van der Waals surface area contributed by atoms with Gasteiger partial charge in [0.2, 0.25) is 0 Å². The van der Waals surface area contributed by atoms with Crippen LogP contribution in [0.4, 0.5) is 17.1 Å². The monoisotopic (exact) mass is 927 g/mol. The Morgan fingerprint density at radius 1 is 0.219 bits per heavy atom. The minimum absolute atomic E-state index is 0.552. The van der Waals surface area contributed by atoms with E-state index in [0.29, 0.717) is 0 Å². The summed E-state index contributed by atoms with van der Waals surface area (Å²) < 4.78 is 0. The Hall–Kier alpha value is -9.30. The summed E-state index contributed by atoms with van der Waals surface area (Å²) in [6.07, 6.45) is 0. The molecule has 0 saturated carbocycles. The minimum atomic E-state index is -0.671. The van der Waals surface area contributed by atoms with Gasteiger partial charge < -0.3 is 4.90 Å². The lowest BCUT2D eigenvalue weighted by Gasteiger charge is -2.37. The van der Waals surface area contributed by atoms with Crippen molar-refractivity contribution in [3.63, 3.8) is 0 Å². The van der Waals surface area contributed by atoms with Gasteiger partial charge in [0, 0.05) is 17.1 Å². The predicted octanol–water partition coefficient (Wildman–Crippen LogP) is 18.4. The van der Waals surface area contributed by atoms with Crippen LogP contribution in [-0.2, 0) is 10.8 Å². The fourth-order valence-electron chi connectivity index (χ4n) is 12.7. The Kier molecular flexibility index (Phi) is 10.0. The lowest BCUT2D eigenvalue weighted by Crippen LogP contribution is -2.31. The smallest absolute Gasteiger partial charge is 0.0714 e. The zero-order valence-corrected chi connectivity index (χ0v) is 40.2. The highest BCUT2D eigenvalue weighted by Gasteiger charge is 2.50. The third-order valence-electron chi connectivity index (χ3n) is 15.8. The van der Waals surface area contributed by atoms with Crippen LogP contribution >= 0.6 is 0 Å². The third-order valence-corrected chi connectivity index (χ3v) is 15.8. The van der Waals surface area contributed by atoms with E-state index < -0.39 is 10.8 Å². The SMILES string of the molecule is c1ccc(-c2ccc(N(c3ccc(-c4cccc5ccccc45)cc3)c3ccc4c(c3)C(c3ccccc3)(c3ccccc3)c3cc(C5(c6ccccc6)c6ccccc6-c6ccccc65)ccc3-4)cc2)cc1. The highest BCUT2D eigenvalue weighted by Crippen LogP contribution is 2.61. The first-order valence-electron chi connectivity index (χ1n) is 25.4. The number of anilines is 3. The second-order valence-corrected chi connectivity index (χ2v) is 19.5. The molecule has 0 aromatic heterocycles.